The summed E-state index contributed by atoms with van der Waals surface area (Å²) in [7, 11) is 1.80. The number of amides is 1. The van der Waals surface area contributed by atoms with Gasteiger partial charge in [0.05, 0.1) is 5.92 Å². The van der Waals surface area contributed by atoms with Crippen molar-refractivity contribution in [3.05, 3.63) is 36.2 Å². The molecule has 126 valence electrons. The molecule has 0 unspecified atom stereocenters. The zero-order valence-electron chi connectivity index (χ0n) is 13.7. The van der Waals surface area contributed by atoms with Gasteiger partial charge in [0.25, 0.3) is 5.91 Å². The van der Waals surface area contributed by atoms with Gasteiger partial charge in [-0.05, 0) is 31.9 Å². The minimum Gasteiger partial charge on any atom is -0.481 e. The number of carboxylic acid groups (broad SMARTS) is 1. The molecule has 1 N–H and O–H groups in total. The SMILES string of the molecule is C[C@@H]1[C@H](C(=O)O)CCCN1C(=O)c1ccc(-c2ncn(C)n2)cc1. The summed E-state index contributed by atoms with van der Waals surface area (Å²) in [5, 5.41) is 13.5. The minimum atomic E-state index is -0.837. The lowest BCUT2D eigenvalue weighted by Crippen LogP contribution is -2.49. The van der Waals surface area contributed by atoms with E-state index in [0.29, 0.717) is 30.8 Å². The number of nitrogens with zero attached hydrogens (tertiary/aromatic N) is 4. The molecule has 0 radical (unpaired) electrons. The summed E-state index contributed by atoms with van der Waals surface area (Å²) in [5.74, 6) is -0.862. The van der Waals surface area contributed by atoms with E-state index in [-0.39, 0.29) is 11.9 Å². The summed E-state index contributed by atoms with van der Waals surface area (Å²) in [6, 6.07) is 6.80. The zero-order chi connectivity index (χ0) is 17.3. The van der Waals surface area contributed by atoms with Crippen molar-refractivity contribution >= 4 is 11.9 Å². The summed E-state index contributed by atoms with van der Waals surface area (Å²) in [4.78, 5) is 29.9. The number of benzene rings is 1. The number of likely N-dealkylation sites (tertiary alicyclic amines) is 1. The van der Waals surface area contributed by atoms with Gasteiger partial charge in [0.15, 0.2) is 5.82 Å². The van der Waals surface area contributed by atoms with E-state index < -0.39 is 11.9 Å². The number of carboxylic acids is 1. The molecule has 0 spiro atoms. The number of carbonyl (C=O) groups is 2. The zero-order valence-corrected chi connectivity index (χ0v) is 13.7. The predicted molar refractivity (Wildman–Crippen MR) is 87.3 cm³/mol. The molecule has 24 heavy (non-hydrogen) atoms. The molecule has 0 aliphatic carbocycles. The molecule has 2 atom stereocenters. The molecule has 1 aliphatic heterocycles. The molecule has 2 heterocycles. The molecule has 3 rings (SSSR count). The summed E-state index contributed by atoms with van der Waals surface area (Å²) in [5.41, 5.74) is 1.38. The van der Waals surface area contributed by atoms with Crippen molar-refractivity contribution in [1.29, 1.82) is 0 Å². The second-order valence-electron chi connectivity index (χ2n) is 6.15. The lowest BCUT2D eigenvalue weighted by Gasteiger charge is -2.37. The Morgan fingerprint density at radius 1 is 1.25 bits per heavy atom. The number of hydrogen-bond donors (Lipinski definition) is 1. The van der Waals surface area contributed by atoms with Crippen molar-refractivity contribution in [2.24, 2.45) is 13.0 Å². The third-order valence-electron chi connectivity index (χ3n) is 4.56. The Morgan fingerprint density at radius 2 is 1.96 bits per heavy atom. The molecule has 1 aromatic heterocycles. The van der Waals surface area contributed by atoms with E-state index in [4.69, 9.17) is 0 Å². The lowest BCUT2D eigenvalue weighted by molar-refractivity contribution is -0.144. The number of piperidine rings is 1. The molecule has 2 aromatic rings. The highest BCUT2D eigenvalue weighted by molar-refractivity contribution is 5.95. The Hall–Kier alpha value is -2.70. The van der Waals surface area contributed by atoms with E-state index in [1.807, 2.05) is 19.1 Å². The first kappa shape index (κ1) is 16.2. The summed E-state index contributed by atoms with van der Waals surface area (Å²) in [6.45, 7) is 2.40. The maximum Gasteiger partial charge on any atom is 0.308 e. The Bertz CT molecular complexity index is 753. The average molecular weight is 328 g/mol. The van der Waals surface area contributed by atoms with E-state index >= 15 is 0 Å². The van der Waals surface area contributed by atoms with E-state index in [0.717, 1.165) is 5.56 Å². The molecule has 1 amide bonds. The van der Waals surface area contributed by atoms with Gasteiger partial charge in [-0.3, -0.25) is 14.3 Å². The number of carbonyl (C=O) groups excluding carboxylic acids is 1. The highest BCUT2D eigenvalue weighted by Gasteiger charge is 2.35. The fourth-order valence-corrected chi connectivity index (χ4v) is 3.16. The molecule has 7 nitrogen and oxygen atoms in total. The normalized spacial score (nSPS) is 20.8. The Balaban J connectivity index is 1.78. The highest BCUT2D eigenvalue weighted by atomic mass is 16.4. The van der Waals surface area contributed by atoms with Crippen LogP contribution in [0.2, 0.25) is 0 Å². The molecule has 1 aliphatic rings. The second-order valence-corrected chi connectivity index (χ2v) is 6.15. The van der Waals surface area contributed by atoms with Crippen LogP contribution in [0, 0.1) is 5.92 Å². The largest absolute Gasteiger partial charge is 0.481 e. The number of aryl methyl sites for hydroxylation is 1. The van der Waals surface area contributed by atoms with Gasteiger partial charge in [-0.15, -0.1) is 0 Å². The van der Waals surface area contributed by atoms with Gasteiger partial charge < -0.3 is 10.0 Å². The molecule has 1 fully saturated rings. The smallest absolute Gasteiger partial charge is 0.308 e. The predicted octanol–water partition coefficient (Wildman–Crippen LogP) is 1.81. The van der Waals surface area contributed by atoms with Crippen LogP contribution in [0.3, 0.4) is 0 Å². The van der Waals surface area contributed by atoms with Crippen molar-refractivity contribution in [3.8, 4) is 11.4 Å². The van der Waals surface area contributed by atoms with Gasteiger partial charge in [0.1, 0.15) is 6.33 Å². The van der Waals surface area contributed by atoms with Crippen molar-refractivity contribution < 1.29 is 14.7 Å². The van der Waals surface area contributed by atoms with Gasteiger partial charge in [0.2, 0.25) is 0 Å². The molecule has 1 saturated heterocycles. The standard InChI is InChI=1S/C17H20N4O3/c1-11-14(17(23)24)4-3-9-21(11)16(22)13-7-5-12(6-8-13)15-18-10-20(2)19-15/h5-8,10-11,14H,3-4,9H2,1-2H3,(H,23,24)/t11-,14-/m1/s1. The first-order valence-corrected chi connectivity index (χ1v) is 7.97. The van der Waals surface area contributed by atoms with Gasteiger partial charge in [-0.1, -0.05) is 12.1 Å². The van der Waals surface area contributed by atoms with E-state index in [9.17, 15) is 14.7 Å². The van der Waals surface area contributed by atoms with Crippen LogP contribution in [-0.2, 0) is 11.8 Å². The number of hydrogen-bond acceptors (Lipinski definition) is 4. The van der Waals surface area contributed by atoms with Gasteiger partial charge >= 0.3 is 5.97 Å². The number of rotatable bonds is 3. The van der Waals surface area contributed by atoms with Crippen molar-refractivity contribution in [2.75, 3.05) is 6.54 Å². The third-order valence-corrected chi connectivity index (χ3v) is 4.56. The first-order valence-electron chi connectivity index (χ1n) is 7.97. The number of aliphatic carboxylic acids is 1. The molecule has 0 saturated carbocycles. The minimum absolute atomic E-state index is 0.131. The van der Waals surface area contributed by atoms with Crippen molar-refractivity contribution in [1.82, 2.24) is 19.7 Å². The van der Waals surface area contributed by atoms with Crippen molar-refractivity contribution in [2.45, 2.75) is 25.8 Å². The van der Waals surface area contributed by atoms with Crippen LogP contribution in [-0.4, -0.2) is 49.2 Å². The number of aromatic nitrogens is 3. The average Bonchev–Trinajstić information content (AvgIpc) is 3.01. The van der Waals surface area contributed by atoms with Crippen LogP contribution in [0.15, 0.2) is 30.6 Å². The van der Waals surface area contributed by atoms with E-state index in [2.05, 4.69) is 10.1 Å². The third kappa shape index (κ3) is 3.02. The molecular formula is C17H20N4O3. The summed E-state index contributed by atoms with van der Waals surface area (Å²) < 4.78 is 1.62. The first-order chi connectivity index (χ1) is 11.5. The second kappa shape index (κ2) is 6.43. The fraction of sp³-hybridized carbons (Fsp3) is 0.412. The Labute approximate surface area is 139 Å². The lowest BCUT2D eigenvalue weighted by atomic mass is 9.90. The molecular weight excluding hydrogens is 308 g/mol. The van der Waals surface area contributed by atoms with Crippen molar-refractivity contribution in [3.63, 3.8) is 0 Å². The quantitative estimate of drug-likeness (QED) is 0.928. The maximum atomic E-state index is 12.7. The Morgan fingerprint density at radius 3 is 2.54 bits per heavy atom. The topological polar surface area (TPSA) is 88.3 Å². The van der Waals surface area contributed by atoms with Crippen LogP contribution in [0.5, 0.6) is 0 Å². The van der Waals surface area contributed by atoms with Crippen LogP contribution < -0.4 is 0 Å². The van der Waals surface area contributed by atoms with Crippen LogP contribution >= 0.6 is 0 Å². The Kier molecular flexibility index (Phi) is 4.33. The van der Waals surface area contributed by atoms with Crippen LogP contribution in [0.1, 0.15) is 30.1 Å². The van der Waals surface area contributed by atoms with Crippen LogP contribution in [0.4, 0.5) is 0 Å². The van der Waals surface area contributed by atoms with Gasteiger partial charge in [-0.2, -0.15) is 5.10 Å². The van der Waals surface area contributed by atoms with Gasteiger partial charge in [-0.25, -0.2) is 4.98 Å². The van der Waals surface area contributed by atoms with Crippen LogP contribution in [0.25, 0.3) is 11.4 Å². The fourth-order valence-electron chi connectivity index (χ4n) is 3.16. The highest BCUT2D eigenvalue weighted by Crippen LogP contribution is 2.26. The van der Waals surface area contributed by atoms with E-state index in [1.165, 1.54) is 0 Å². The molecule has 0 bridgehead atoms. The van der Waals surface area contributed by atoms with E-state index in [1.54, 1.807) is 35.1 Å². The summed E-state index contributed by atoms with van der Waals surface area (Å²) >= 11 is 0. The monoisotopic (exact) mass is 328 g/mol. The maximum absolute atomic E-state index is 12.7. The molecule has 1 aromatic carbocycles. The molecule has 7 heteroatoms. The summed E-state index contributed by atoms with van der Waals surface area (Å²) in [6.07, 6.45) is 2.95. The van der Waals surface area contributed by atoms with Gasteiger partial charge in [0, 0.05) is 30.8 Å².